The van der Waals surface area contributed by atoms with E-state index in [0.717, 1.165) is 83.9 Å². The fourth-order valence-electron chi connectivity index (χ4n) is 10.3. The number of hydrogen-bond acceptors (Lipinski definition) is 4. The van der Waals surface area contributed by atoms with Crippen LogP contribution in [0.5, 0.6) is 34.5 Å². The molecule has 0 saturated carbocycles. The van der Waals surface area contributed by atoms with Crippen molar-refractivity contribution in [3.63, 3.8) is 0 Å². The van der Waals surface area contributed by atoms with E-state index in [1.165, 1.54) is 43.5 Å². The van der Waals surface area contributed by atoms with Crippen LogP contribution in [0.2, 0.25) is 0 Å². The Labute approximate surface area is 298 Å². The molecule has 9 aromatic carbocycles. The summed E-state index contributed by atoms with van der Waals surface area (Å²) in [7, 11) is 0. The first-order chi connectivity index (χ1) is 25.8. The quantitative estimate of drug-likeness (QED) is 0.156. The van der Waals surface area contributed by atoms with Crippen molar-refractivity contribution in [3.8, 4) is 34.5 Å². The van der Waals surface area contributed by atoms with E-state index >= 15 is 0 Å². The van der Waals surface area contributed by atoms with E-state index in [-0.39, 0.29) is 13.4 Å². The number of benzene rings is 9. The van der Waals surface area contributed by atoms with Gasteiger partial charge in [0.1, 0.15) is 23.0 Å². The van der Waals surface area contributed by atoms with Crippen molar-refractivity contribution in [1.29, 1.82) is 0 Å². The van der Waals surface area contributed by atoms with Gasteiger partial charge in [0.2, 0.25) is 0 Å². The molecule has 5 aliphatic rings. The molecular formula is C46H23B2NO3. The van der Waals surface area contributed by atoms with Crippen LogP contribution in [0.15, 0.2) is 140 Å². The van der Waals surface area contributed by atoms with Gasteiger partial charge in [0.05, 0.1) is 11.4 Å². The van der Waals surface area contributed by atoms with Gasteiger partial charge in [-0.2, -0.15) is 0 Å². The summed E-state index contributed by atoms with van der Waals surface area (Å²) in [5.41, 5.74) is 10.6. The molecule has 0 spiro atoms. The lowest BCUT2D eigenvalue weighted by Crippen LogP contribution is -2.67. The van der Waals surface area contributed by atoms with Crippen molar-refractivity contribution < 1.29 is 14.2 Å². The zero-order valence-corrected chi connectivity index (χ0v) is 27.6. The third kappa shape index (κ3) is 2.91. The van der Waals surface area contributed by atoms with Crippen LogP contribution in [0, 0.1) is 0 Å². The Kier molecular flexibility index (Phi) is 4.43. The van der Waals surface area contributed by atoms with Gasteiger partial charge in [-0.25, -0.2) is 0 Å². The molecule has 9 aromatic rings. The lowest BCUT2D eigenvalue weighted by molar-refractivity contribution is 0.469. The highest BCUT2D eigenvalue weighted by Gasteiger charge is 2.54. The van der Waals surface area contributed by atoms with Gasteiger partial charge < -0.3 is 19.1 Å². The number of fused-ring (bicyclic) bond motifs is 14. The van der Waals surface area contributed by atoms with Crippen molar-refractivity contribution in [3.05, 3.63) is 140 Å². The molecule has 0 amide bonds. The summed E-state index contributed by atoms with van der Waals surface area (Å²) in [5, 5.41) is 9.32. The summed E-state index contributed by atoms with van der Waals surface area (Å²) >= 11 is 0. The molecule has 0 aliphatic carbocycles. The van der Waals surface area contributed by atoms with Gasteiger partial charge in [0.15, 0.2) is 11.5 Å². The summed E-state index contributed by atoms with van der Waals surface area (Å²) in [6, 6.07) is 50.4. The minimum absolute atomic E-state index is 0.0782. The topological polar surface area (TPSA) is 30.9 Å². The number of rotatable bonds is 0. The molecule has 0 bridgehead atoms. The van der Waals surface area contributed by atoms with Gasteiger partial charge in [0.25, 0.3) is 13.4 Å². The Morgan fingerprint density at radius 3 is 1.29 bits per heavy atom. The fraction of sp³-hybridized carbons (Fsp3) is 0. The standard InChI is InChI=1S/C46H23B2NO3/c1-7-15-30-24(9-1)17-19-32-45(30)51-34-23-35-41-44-40(34)47(32)38-28-13-5-3-11-26(28)21-36-42(38)49(44)43-37(50-36)22-27-12-4-6-14-29(27)39(43)48(41)33-20-18-25-10-2-8-16-31(25)46(33)52-35/h1-23H. The third-order valence-corrected chi connectivity index (χ3v) is 12.3. The number of anilines is 3. The molecule has 0 N–H and O–H groups in total. The molecule has 0 saturated heterocycles. The molecule has 0 atom stereocenters. The summed E-state index contributed by atoms with van der Waals surface area (Å²) < 4.78 is 21.5. The van der Waals surface area contributed by atoms with E-state index in [1.807, 2.05) is 0 Å². The molecule has 6 heteroatoms. The van der Waals surface area contributed by atoms with E-state index in [2.05, 4.69) is 144 Å². The SMILES string of the molecule is c1ccc2c3c(ccc2c1)B1c2c(cc4c5c2N2c6c(cc7ccccc7c61)Oc1cc6ccccc6c(c12)B5c1ccc2ccccc2c1O4)O3. The van der Waals surface area contributed by atoms with Crippen molar-refractivity contribution in [2.45, 2.75) is 0 Å². The summed E-state index contributed by atoms with van der Waals surface area (Å²) in [6.07, 6.45) is 0. The molecule has 236 valence electrons. The zero-order valence-electron chi connectivity index (χ0n) is 27.6. The molecule has 0 unspecified atom stereocenters. The zero-order chi connectivity index (χ0) is 33.4. The summed E-state index contributed by atoms with van der Waals surface area (Å²) in [5.74, 6) is 5.28. The van der Waals surface area contributed by atoms with Crippen LogP contribution in [-0.4, -0.2) is 13.4 Å². The highest BCUT2D eigenvalue weighted by atomic mass is 16.5. The van der Waals surface area contributed by atoms with Crippen LogP contribution in [-0.2, 0) is 0 Å². The maximum absolute atomic E-state index is 7.18. The van der Waals surface area contributed by atoms with Crippen LogP contribution in [0.1, 0.15) is 0 Å². The van der Waals surface area contributed by atoms with Gasteiger partial charge in [-0.1, -0.05) is 121 Å². The van der Waals surface area contributed by atoms with Crippen LogP contribution in [0.3, 0.4) is 0 Å². The Hall–Kier alpha value is -6.65. The Morgan fingerprint density at radius 1 is 0.346 bits per heavy atom. The Bertz CT molecular complexity index is 3000. The maximum Gasteiger partial charge on any atom is 0.257 e. The van der Waals surface area contributed by atoms with Crippen molar-refractivity contribution in [2.75, 3.05) is 4.90 Å². The van der Waals surface area contributed by atoms with Gasteiger partial charge in [0, 0.05) is 22.5 Å². The monoisotopic (exact) mass is 659 g/mol. The van der Waals surface area contributed by atoms with Gasteiger partial charge in [-0.3, -0.25) is 0 Å². The first kappa shape index (κ1) is 26.2. The molecule has 0 radical (unpaired) electrons. The molecule has 5 aliphatic heterocycles. The molecule has 0 fully saturated rings. The largest absolute Gasteiger partial charge is 0.458 e. The molecule has 4 nitrogen and oxygen atoms in total. The van der Waals surface area contributed by atoms with Crippen LogP contribution >= 0.6 is 0 Å². The third-order valence-electron chi connectivity index (χ3n) is 12.3. The van der Waals surface area contributed by atoms with Gasteiger partial charge >= 0.3 is 0 Å². The predicted octanol–water partition coefficient (Wildman–Crippen LogP) is 7.75. The number of ether oxygens (including phenoxy) is 3. The fourth-order valence-corrected chi connectivity index (χ4v) is 10.3. The second-order valence-electron chi connectivity index (χ2n) is 14.7. The lowest BCUT2D eigenvalue weighted by Gasteiger charge is -2.49. The van der Waals surface area contributed by atoms with Crippen molar-refractivity contribution >= 4 is 106 Å². The first-order valence-electron chi connectivity index (χ1n) is 18.0. The lowest BCUT2D eigenvalue weighted by atomic mass is 9.29. The van der Waals surface area contributed by atoms with Crippen LogP contribution in [0.25, 0.3) is 43.1 Å². The normalized spacial score (nSPS) is 14.5. The highest BCUT2D eigenvalue weighted by molar-refractivity contribution is 7.05. The van der Waals surface area contributed by atoms with E-state index in [4.69, 9.17) is 14.2 Å². The van der Waals surface area contributed by atoms with Crippen LogP contribution in [0.4, 0.5) is 17.1 Å². The van der Waals surface area contributed by atoms with Crippen molar-refractivity contribution in [1.82, 2.24) is 0 Å². The molecular weight excluding hydrogens is 636 g/mol. The first-order valence-corrected chi connectivity index (χ1v) is 18.0. The highest BCUT2D eigenvalue weighted by Crippen LogP contribution is 2.56. The van der Waals surface area contributed by atoms with Gasteiger partial charge in [-0.05, 0) is 77.2 Å². The second kappa shape index (κ2) is 8.79. The Morgan fingerprint density at radius 2 is 0.788 bits per heavy atom. The minimum atomic E-state index is -0.0782. The predicted molar refractivity (Wildman–Crippen MR) is 214 cm³/mol. The van der Waals surface area contributed by atoms with E-state index in [9.17, 15) is 0 Å². The maximum atomic E-state index is 7.18. The molecule has 5 heterocycles. The number of hydrogen-bond donors (Lipinski definition) is 0. The Balaban J connectivity index is 1.21. The smallest absolute Gasteiger partial charge is 0.257 e. The average molecular weight is 659 g/mol. The number of nitrogens with zero attached hydrogens (tertiary/aromatic N) is 1. The van der Waals surface area contributed by atoms with Crippen molar-refractivity contribution in [2.24, 2.45) is 0 Å². The average Bonchev–Trinajstić information content (AvgIpc) is 3.19. The molecule has 14 rings (SSSR count). The molecule has 0 aromatic heterocycles. The second-order valence-corrected chi connectivity index (χ2v) is 14.7. The summed E-state index contributed by atoms with van der Waals surface area (Å²) in [6.45, 7) is -0.156. The summed E-state index contributed by atoms with van der Waals surface area (Å²) in [4.78, 5) is 2.52. The van der Waals surface area contributed by atoms with E-state index in [0.29, 0.717) is 0 Å². The van der Waals surface area contributed by atoms with Gasteiger partial charge in [-0.15, -0.1) is 0 Å². The van der Waals surface area contributed by atoms with E-state index < -0.39 is 0 Å². The van der Waals surface area contributed by atoms with E-state index in [1.54, 1.807) is 0 Å². The minimum Gasteiger partial charge on any atom is -0.458 e. The van der Waals surface area contributed by atoms with Crippen LogP contribution < -0.4 is 51.9 Å². The molecule has 52 heavy (non-hydrogen) atoms.